The highest BCUT2D eigenvalue weighted by molar-refractivity contribution is 7.99. The predicted octanol–water partition coefficient (Wildman–Crippen LogP) is 4.59. The number of amides is 1. The first-order valence-electron chi connectivity index (χ1n) is 9.92. The van der Waals surface area contributed by atoms with Gasteiger partial charge in [0.25, 0.3) is 5.56 Å². The van der Waals surface area contributed by atoms with Gasteiger partial charge in [-0.05, 0) is 57.2 Å². The van der Waals surface area contributed by atoms with Gasteiger partial charge in [0, 0.05) is 23.7 Å². The van der Waals surface area contributed by atoms with E-state index in [1.807, 2.05) is 4.90 Å². The Morgan fingerprint density at radius 3 is 2.61 bits per heavy atom. The number of piperidine rings is 1. The third kappa shape index (κ3) is 4.54. The molecule has 2 aromatic rings. The molecule has 2 atom stereocenters. The molecule has 5 nitrogen and oxygen atoms in total. The third-order valence-corrected chi connectivity index (χ3v) is 6.43. The molecule has 1 aliphatic rings. The number of rotatable bonds is 5. The molecule has 1 saturated heterocycles. The third-order valence-electron chi connectivity index (χ3n) is 5.24. The lowest BCUT2D eigenvalue weighted by molar-refractivity contribution is -0.134. The first-order chi connectivity index (χ1) is 13.3. The number of hydrogen-bond acceptors (Lipinski definition) is 4. The molecule has 7 heteroatoms. The van der Waals surface area contributed by atoms with Gasteiger partial charge in [0.05, 0.1) is 16.7 Å². The summed E-state index contributed by atoms with van der Waals surface area (Å²) in [5.41, 5.74) is 0.514. The van der Waals surface area contributed by atoms with Crippen LogP contribution in [0.15, 0.2) is 28.2 Å². The highest BCUT2D eigenvalue weighted by atomic mass is 35.5. The molecule has 1 amide bonds. The Kier molecular flexibility index (Phi) is 6.71. The Balaban J connectivity index is 1.90. The van der Waals surface area contributed by atoms with E-state index in [1.165, 1.54) is 18.2 Å². The molecule has 0 spiro atoms. The molecule has 0 bridgehead atoms. The van der Waals surface area contributed by atoms with Crippen LogP contribution in [0.3, 0.4) is 0 Å². The monoisotopic (exact) mass is 421 g/mol. The summed E-state index contributed by atoms with van der Waals surface area (Å²) in [6, 6.07) is 5.70. The average Bonchev–Trinajstić information content (AvgIpc) is 2.63. The highest BCUT2D eigenvalue weighted by Gasteiger charge is 2.29. The van der Waals surface area contributed by atoms with Gasteiger partial charge in [-0.1, -0.05) is 37.2 Å². The molecule has 1 fully saturated rings. The molecule has 3 rings (SSSR count). The summed E-state index contributed by atoms with van der Waals surface area (Å²) in [5, 5.41) is 1.63. The quantitative estimate of drug-likeness (QED) is 0.523. The summed E-state index contributed by atoms with van der Waals surface area (Å²) in [6.07, 6.45) is 3.27. The molecule has 0 aliphatic carbocycles. The van der Waals surface area contributed by atoms with Gasteiger partial charge in [-0.2, -0.15) is 0 Å². The van der Waals surface area contributed by atoms with Crippen molar-refractivity contribution < 1.29 is 4.79 Å². The number of aromatic nitrogens is 2. The van der Waals surface area contributed by atoms with Crippen molar-refractivity contribution in [2.45, 2.75) is 70.7 Å². The minimum absolute atomic E-state index is 0.101. The molecule has 1 aliphatic heterocycles. The van der Waals surface area contributed by atoms with Crippen molar-refractivity contribution in [3.63, 3.8) is 0 Å². The lowest BCUT2D eigenvalue weighted by atomic mass is 9.98. The van der Waals surface area contributed by atoms with Crippen molar-refractivity contribution in [1.82, 2.24) is 14.5 Å². The Bertz CT molecular complexity index is 918. The van der Waals surface area contributed by atoms with Gasteiger partial charge < -0.3 is 4.90 Å². The Morgan fingerprint density at radius 1 is 1.29 bits per heavy atom. The van der Waals surface area contributed by atoms with Crippen LogP contribution in [0.25, 0.3) is 10.9 Å². The molecule has 0 unspecified atom stereocenters. The van der Waals surface area contributed by atoms with Crippen LogP contribution in [-0.2, 0) is 11.3 Å². The van der Waals surface area contributed by atoms with Crippen LogP contribution in [-0.4, -0.2) is 38.2 Å². The normalized spacial score (nSPS) is 20.1. The van der Waals surface area contributed by atoms with Crippen molar-refractivity contribution in [2.24, 2.45) is 5.92 Å². The second-order valence-electron chi connectivity index (χ2n) is 8.08. The minimum Gasteiger partial charge on any atom is -0.337 e. The van der Waals surface area contributed by atoms with Crippen LogP contribution in [0.2, 0.25) is 5.02 Å². The number of halogens is 1. The van der Waals surface area contributed by atoms with Crippen LogP contribution in [0.4, 0.5) is 0 Å². The molecule has 152 valence electrons. The summed E-state index contributed by atoms with van der Waals surface area (Å²) in [7, 11) is 0. The van der Waals surface area contributed by atoms with Gasteiger partial charge in [-0.25, -0.2) is 4.98 Å². The van der Waals surface area contributed by atoms with Gasteiger partial charge in [0.15, 0.2) is 5.16 Å². The number of hydrogen-bond donors (Lipinski definition) is 0. The van der Waals surface area contributed by atoms with Gasteiger partial charge in [0.1, 0.15) is 0 Å². The fourth-order valence-electron chi connectivity index (χ4n) is 3.92. The first-order valence-corrected chi connectivity index (χ1v) is 11.3. The van der Waals surface area contributed by atoms with Crippen molar-refractivity contribution >= 4 is 40.2 Å². The second kappa shape index (κ2) is 8.87. The van der Waals surface area contributed by atoms with Gasteiger partial charge >= 0.3 is 0 Å². The van der Waals surface area contributed by atoms with E-state index >= 15 is 0 Å². The minimum atomic E-state index is -0.101. The van der Waals surface area contributed by atoms with E-state index < -0.39 is 0 Å². The van der Waals surface area contributed by atoms with Crippen LogP contribution in [0, 0.1) is 5.92 Å². The average molecular weight is 422 g/mol. The first kappa shape index (κ1) is 21.2. The van der Waals surface area contributed by atoms with E-state index in [2.05, 4.69) is 32.7 Å². The zero-order valence-electron chi connectivity index (χ0n) is 16.9. The molecular weight excluding hydrogens is 394 g/mol. The summed E-state index contributed by atoms with van der Waals surface area (Å²) in [5.74, 6) is 0.692. The molecule has 28 heavy (non-hydrogen) atoms. The second-order valence-corrected chi connectivity index (χ2v) is 9.46. The number of nitrogens with zero attached hydrogens (tertiary/aromatic N) is 3. The number of likely N-dealkylation sites (tertiary alicyclic amines) is 1. The zero-order chi connectivity index (χ0) is 20.4. The van der Waals surface area contributed by atoms with Gasteiger partial charge in [-0.15, -0.1) is 0 Å². The van der Waals surface area contributed by atoms with E-state index in [9.17, 15) is 9.59 Å². The van der Waals surface area contributed by atoms with E-state index in [0.717, 1.165) is 12.8 Å². The molecule has 1 aromatic heterocycles. The number of thioether (sulfide) groups is 1. The van der Waals surface area contributed by atoms with Crippen LogP contribution < -0.4 is 5.56 Å². The summed E-state index contributed by atoms with van der Waals surface area (Å²) in [6.45, 7) is 8.91. The van der Waals surface area contributed by atoms with Crippen LogP contribution in [0.5, 0.6) is 0 Å². The lowest BCUT2D eigenvalue weighted by Crippen LogP contribution is -2.48. The molecule has 0 radical (unpaired) electrons. The highest BCUT2D eigenvalue weighted by Crippen LogP contribution is 2.26. The standard InChI is InChI=1S/C21H28ClN3O2S/c1-13(2)11-24-20(27)17-10-16(22)8-9-18(17)23-21(24)28-12-19(26)25-14(3)6-5-7-15(25)4/h8-10,13-15H,5-7,11-12H2,1-4H3/t14-,15+. The maximum Gasteiger partial charge on any atom is 0.262 e. The topological polar surface area (TPSA) is 55.2 Å². The van der Waals surface area contributed by atoms with Crippen LogP contribution in [0.1, 0.15) is 47.0 Å². The maximum absolute atomic E-state index is 13.0. The lowest BCUT2D eigenvalue weighted by Gasteiger charge is -2.39. The molecular formula is C21H28ClN3O2S. The zero-order valence-corrected chi connectivity index (χ0v) is 18.5. The molecule has 1 aromatic carbocycles. The Morgan fingerprint density at radius 2 is 1.96 bits per heavy atom. The van der Waals surface area contributed by atoms with E-state index in [4.69, 9.17) is 11.6 Å². The van der Waals surface area contributed by atoms with E-state index in [1.54, 1.807) is 22.8 Å². The number of benzene rings is 1. The maximum atomic E-state index is 13.0. The number of carbonyl (C=O) groups is 1. The molecule has 0 N–H and O–H groups in total. The summed E-state index contributed by atoms with van der Waals surface area (Å²) < 4.78 is 1.68. The van der Waals surface area contributed by atoms with Crippen molar-refractivity contribution in [1.29, 1.82) is 0 Å². The van der Waals surface area contributed by atoms with Gasteiger partial charge in [0.2, 0.25) is 5.91 Å². The van der Waals surface area contributed by atoms with E-state index in [-0.39, 0.29) is 35.2 Å². The summed E-state index contributed by atoms with van der Waals surface area (Å²) >= 11 is 7.43. The fourth-order valence-corrected chi connectivity index (χ4v) is 4.97. The number of carbonyl (C=O) groups excluding carboxylic acids is 1. The van der Waals surface area contributed by atoms with Crippen LogP contribution >= 0.6 is 23.4 Å². The smallest absolute Gasteiger partial charge is 0.262 e. The van der Waals surface area contributed by atoms with Crippen molar-refractivity contribution in [2.75, 3.05) is 5.75 Å². The largest absolute Gasteiger partial charge is 0.337 e. The Hall–Kier alpha value is -1.53. The fraction of sp³-hybridized carbons (Fsp3) is 0.571. The predicted molar refractivity (Wildman–Crippen MR) is 116 cm³/mol. The SMILES string of the molecule is CC(C)Cn1c(SCC(=O)N2[C@H](C)CCC[C@@H]2C)nc2ccc(Cl)cc2c1=O. The molecule has 0 saturated carbocycles. The molecule has 2 heterocycles. The summed E-state index contributed by atoms with van der Waals surface area (Å²) in [4.78, 5) is 32.6. The van der Waals surface area contributed by atoms with Gasteiger partial charge in [-0.3, -0.25) is 14.2 Å². The van der Waals surface area contributed by atoms with E-state index in [0.29, 0.717) is 27.6 Å². The number of fused-ring (bicyclic) bond motifs is 1. The van der Waals surface area contributed by atoms with Crippen molar-refractivity contribution in [3.8, 4) is 0 Å². The van der Waals surface area contributed by atoms with Crippen molar-refractivity contribution in [3.05, 3.63) is 33.6 Å². The Labute approximate surface area is 175 Å².